The average Bonchev–Trinajstić information content (AvgIpc) is 2.76. The van der Waals surface area contributed by atoms with E-state index >= 15 is 0 Å². The highest BCUT2D eigenvalue weighted by Gasteiger charge is 2.34. The topological polar surface area (TPSA) is 45.6 Å². The zero-order valence-corrected chi connectivity index (χ0v) is 11.6. The van der Waals surface area contributed by atoms with Crippen LogP contribution in [0.4, 0.5) is 5.69 Å². The Labute approximate surface area is 121 Å². The molecule has 1 amide bonds. The van der Waals surface area contributed by atoms with E-state index in [9.17, 15) is 4.79 Å². The van der Waals surface area contributed by atoms with Gasteiger partial charge in [-0.3, -0.25) is 9.78 Å². The van der Waals surface area contributed by atoms with Crippen molar-refractivity contribution < 1.29 is 4.79 Å². The largest absolute Gasteiger partial charge is 0.272 e. The first kappa shape index (κ1) is 12.8. The number of aromatic nitrogens is 1. The molecular weight excluding hydrogens is 274 g/mol. The lowest BCUT2D eigenvalue weighted by Crippen LogP contribution is -2.25. The molecule has 0 aliphatic carbocycles. The summed E-state index contributed by atoms with van der Waals surface area (Å²) >= 11 is 5.96. The van der Waals surface area contributed by atoms with Crippen LogP contribution in [-0.2, 0) is 4.79 Å². The lowest BCUT2D eigenvalue weighted by atomic mass is 10.0. The molecule has 3 rings (SSSR count). The molecule has 1 unspecified atom stereocenters. The molecule has 2 heterocycles. The number of nitrogens with zero attached hydrogens (tertiary/aromatic N) is 3. The number of carbonyl (C=O) groups is 1. The summed E-state index contributed by atoms with van der Waals surface area (Å²) < 4.78 is 0. The number of hydrogen-bond acceptors (Lipinski definition) is 3. The molecule has 1 aromatic carbocycles. The number of rotatable bonds is 2. The minimum Gasteiger partial charge on any atom is -0.272 e. The van der Waals surface area contributed by atoms with Gasteiger partial charge in [-0.25, -0.2) is 0 Å². The van der Waals surface area contributed by atoms with E-state index in [0.29, 0.717) is 10.7 Å². The van der Waals surface area contributed by atoms with E-state index in [1.54, 1.807) is 30.6 Å². The summed E-state index contributed by atoms with van der Waals surface area (Å²) in [6.07, 6.45) is 3.41. The Morgan fingerprint density at radius 3 is 2.80 bits per heavy atom. The van der Waals surface area contributed by atoms with Crippen molar-refractivity contribution in [2.75, 3.05) is 5.01 Å². The summed E-state index contributed by atoms with van der Waals surface area (Å²) in [6.45, 7) is 1.85. The van der Waals surface area contributed by atoms with Crippen molar-refractivity contribution in [3.05, 3.63) is 59.4 Å². The van der Waals surface area contributed by atoms with Gasteiger partial charge in [0, 0.05) is 23.0 Å². The Balaban J connectivity index is 2.02. The van der Waals surface area contributed by atoms with E-state index in [0.717, 1.165) is 11.3 Å². The molecule has 0 spiro atoms. The highest BCUT2D eigenvalue weighted by molar-refractivity contribution is 6.31. The van der Waals surface area contributed by atoms with Gasteiger partial charge in [0.1, 0.15) is 0 Å². The van der Waals surface area contributed by atoms with Crippen LogP contribution in [-0.4, -0.2) is 16.6 Å². The third-order valence-corrected chi connectivity index (χ3v) is 3.44. The lowest BCUT2D eigenvalue weighted by Gasteiger charge is -2.12. The number of halogens is 1. The van der Waals surface area contributed by atoms with Crippen LogP contribution in [0.3, 0.4) is 0 Å². The number of carbonyl (C=O) groups excluding carboxylic acids is 1. The number of pyridine rings is 1. The van der Waals surface area contributed by atoms with Crippen LogP contribution in [0, 0.1) is 5.92 Å². The highest BCUT2D eigenvalue weighted by Crippen LogP contribution is 2.27. The Bertz CT molecular complexity index is 685. The van der Waals surface area contributed by atoms with Crippen molar-refractivity contribution in [2.45, 2.75) is 6.92 Å². The van der Waals surface area contributed by atoms with Crippen LogP contribution >= 0.6 is 11.6 Å². The number of hydrogen-bond donors (Lipinski definition) is 0. The zero-order chi connectivity index (χ0) is 14.1. The second kappa shape index (κ2) is 5.06. The van der Waals surface area contributed by atoms with Crippen LogP contribution in [0.1, 0.15) is 12.5 Å². The lowest BCUT2D eigenvalue weighted by molar-refractivity contribution is -0.119. The predicted molar refractivity (Wildman–Crippen MR) is 78.9 cm³/mol. The molecule has 1 aromatic heterocycles. The number of amides is 1. The molecule has 0 N–H and O–H groups in total. The van der Waals surface area contributed by atoms with Gasteiger partial charge in [-0.15, -0.1) is 0 Å². The van der Waals surface area contributed by atoms with Gasteiger partial charge in [0.15, 0.2) is 0 Å². The van der Waals surface area contributed by atoms with Gasteiger partial charge in [-0.05, 0) is 37.3 Å². The standard InChI is InChI=1S/C15H12ClN3O/c1-10-14(11-4-3-7-17-9-11)18-19(15(10)20)13-6-2-5-12(16)8-13/h2-10H,1H3. The molecule has 1 aliphatic heterocycles. The van der Waals surface area contributed by atoms with Crippen molar-refractivity contribution in [2.24, 2.45) is 11.0 Å². The minimum absolute atomic E-state index is 0.0638. The molecule has 100 valence electrons. The van der Waals surface area contributed by atoms with E-state index in [4.69, 9.17) is 11.6 Å². The van der Waals surface area contributed by atoms with E-state index < -0.39 is 0 Å². The Morgan fingerprint density at radius 1 is 1.25 bits per heavy atom. The van der Waals surface area contributed by atoms with Gasteiger partial charge in [0.05, 0.1) is 17.3 Å². The third kappa shape index (κ3) is 2.18. The van der Waals surface area contributed by atoms with Crippen LogP contribution in [0.2, 0.25) is 5.02 Å². The summed E-state index contributed by atoms with van der Waals surface area (Å²) in [5.41, 5.74) is 2.26. The fourth-order valence-electron chi connectivity index (χ4n) is 2.16. The first-order valence-corrected chi connectivity index (χ1v) is 6.63. The molecule has 0 saturated carbocycles. The summed E-state index contributed by atoms with van der Waals surface area (Å²) in [5.74, 6) is -0.357. The monoisotopic (exact) mass is 285 g/mol. The van der Waals surface area contributed by atoms with Crippen LogP contribution < -0.4 is 5.01 Å². The molecule has 1 atom stereocenters. The van der Waals surface area contributed by atoms with E-state index in [1.165, 1.54) is 5.01 Å². The Hall–Kier alpha value is -2.20. The van der Waals surface area contributed by atoms with Gasteiger partial charge in [0.25, 0.3) is 5.91 Å². The average molecular weight is 286 g/mol. The summed E-state index contributed by atoms with van der Waals surface area (Å²) in [5, 5.41) is 6.41. The molecule has 0 saturated heterocycles. The quantitative estimate of drug-likeness (QED) is 0.851. The first-order chi connectivity index (χ1) is 9.66. The molecule has 0 bridgehead atoms. The number of benzene rings is 1. The van der Waals surface area contributed by atoms with Crippen molar-refractivity contribution in [3.8, 4) is 0 Å². The second-order valence-corrected chi connectivity index (χ2v) is 5.01. The zero-order valence-electron chi connectivity index (χ0n) is 10.8. The molecule has 2 aromatic rings. The predicted octanol–water partition coefficient (Wildman–Crippen LogP) is 3.12. The van der Waals surface area contributed by atoms with Gasteiger partial charge < -0.3 is 0 Å². The van der Waals surface area contributed by atoms with Gasteiger partial charge >= 0.3 is 0 Å². The summed E-state index contributed by atoms with van der Waals surface area (Å²) in [4.78, 5) is 16.4. The fourth-order valence-corrected chi connectivity index (χ4v) is 2.34. The van der Waals surface area contributed by atoms with Crippen LogP contribution in [0.5, 0.6) is 0 Å². The third-order valence-electron chi connectivity index (χ3n) is 3.21. The van der Waals surface area contributed by atoms with Crippen LogP contribution in [0.15, 0.2) is 53.9 Å². The maximum Gasteiger partial charge on any atom is 0.256 e. The van der Waals surface area contributed by atoms with Crippen molar-refractivity contribution in [1.82, 2.24) is 4.98 Å². The molecule has 4 nitrogen and oxygen atoms in total. The van der Waals surface area contributed by atoms with Gasteiger partial charge in [-0.1, -0.05) is 17.7 Å². The number of anilines is 1. The highest BCUT2D eigenvalue weighted by atomic mass is 35.5. The maximum atomic E-state index is 12.3. The second-order valence-electron chi connectivity index (χ2n) is 4.58. The SMILES string of the molecule is CC1C(=O)N(c2cccc(Cl)c2)N=C1c1cccnc1. The van der Waals surface area contributed by atoms with E-state index in [-0.39, 0.29) is 11.8 Å². The molecule has 1 aliphatic rings. The molecule has 20 heavy (non-hydrogen) atoms. The van der Waals surface area contributed by atoms with Crippen molar-refractivity contribution in [1.29, 1.82) is 0 Å². The van der Waals surface area contributed by atoms with Crippen molar-refractivity contribution in [3.63, 3.8) is 0 Å². The van der Waals surface area contributed by atoms with Crippen LogP contribution in [0.25, 0.3) is 0 Å². The van der Waals surface area contributed by atoms with E-state index in [1.807, 2.05) is 25.1 Å². The van der Waals surface area contributed by atoms with Gasteiger partial charge in [-0.2, -0.15) is 10.1 Å². The smallest absolute Gasteiger partial charge is 0.256 e. The maximum absolute atomic E-state index is 12.3. The fraction of sp³-hybridized carbons (Fsp3) is 0.133. The molecular formula is C15H12ClN3O. The van der Waals surface area contributed by atoms with Crippen molar-refractivity contribution >= 4 is 28.9 Å². The van der Waals surface area contributed by atoms with E-state index in [2.05, 4.69) is 10.1 Å². The minimum atomic E-state index is -0.293. The normalized spacial score (nSPS) is 18.3. The summed E-state index contributed by atoms with van der Waals surface area (Å²) in [6, 6.07) is 10.8. The first-order valence-electron chi connectivity index (χ1n) is 6.25. The summed E-state index contributed by atoms with van der Waals surface area (Å²) in [7, 11) is 0. The Kier molecular flexibility index (Phi) is 3.24. The Morgan fingerprint density at radius 2 is 2.10 bits per heavy atom. The number of hydrazone groups is 1. The molecule has 0 fully saturated rings. The van der Waals surface area contributed by atoms with Gasteiger partial charge in [0.2, 0.25) is 0 Å². The molecule has 0 radical (unpaired) electrons. The molecule has 5 heteroatoms.